The molecule has 130 valence electrons. The summed E-state index contributed by atoms with van der Waals surface area (Å²) in [7, 11) is 0. The minimum Gasteiger partial charge on any atom is -0.449 e. The molecule has 0 aliphatic heterocycles. The van der Waals surface area contributed by atoms with Crippen LogP contribution in [-0.2, 0) is 4.74 Å². The van der Waals surface area contributed by atoms with Crippen LogP contribution in [0.4, 0.5) is 4.79 Å². The van der Waals surface area contributed by atoms with Crippen molar-refractivity contribution in [1.82, 2.24) is 5.32 Å². The molecule has 0 saturated heterocycles. The van der Waals surface area contributed by atoms with Gasteiger partial charge in [0.05, 0.1) is 0 Å². The number of benzene rings is 1. The summed E-state index contributed by atoms with van der Waals surface area (Å²) in [5.74, 6) is 0.0484. The number of carbonyl (C=O) groups is 1. The smallest absolute Gasteiger partial charge is 0.407 e. The Morgan fingerprint density at radius 1 is 1.33 bits per heavy atom. The molecule has 1 atom stereocenters. The first-order valence-corrected chi connectivity index (χ1v) is 8.72. The molecule has 3 heteroatoms. The van der Waals surface area contributed by atoms with Crippen molar-refractivity contribution < 1.29 is 9.53 Å². The highest BCUT2D eigenvalue weighted by Crippen LogP contribution is 2.43. The quantitative estimate of drug-likeness (QED) is 0.753. The summed E-state index contributed by atoms with van der Waals surface area (Å²) in [6, 6.07) is 8.24. The third-order valence-electron chi connectivity index (χ3n) is 3.77. The second-order valence-corrected chi connectivity index (χ2v) is 5.24. The van der Waals surface area contributed by atoms with Crippen molar-refractivity contribution in [1.29, 1.82) is 0 Å². The zero-order chi connectivity index (χ0) is 17.9. The van der Waals surface area contributed by atoms with E-state index < -0.39 is 0 Å². The van der Waals surface area contributed by atoms with Gasteiger partial charge in [-0.2, -0.15) is 0 Å². The first kappa shape index (κ1) is 19.8. The van der Waals surface area contributed by atoms with Crippen molar-refractivity contribution >= 4 is 11.7 Å². The molecule has 0 heterocycles. The van der Waals surface area contributed by atoms with Crippen LogP contribution in [0.5, 0.6) is 0 Å². The van der Waals surface area contributed by atoms with Crippen LogP contribution in [0.2, 0.25) is 0 Å². The van der Waals surface area contributed by atoms with Gasteiger partial charge in [0.15, 0.2) is 0 Å². The number of alkyl carbamates (subject to hydrolysis) is 1. The summed E-state index contributed by atoms with van der Waals surface area (Å²) < 4.78 is 5.39. The lowest BCUT2D eigenvalue weighted by atomic mass is 9.97. The fourth-order valence-corrected chi connectivity index (χ4v) is 2.78. The molecule has 1 aliphatic rings. The maximum absolute atomic E-state index is 11.7. The fraction of sp³-hybridized carbons (Fsp3) is 0.381. The minimum absolute atomic E-state index is 0.0484. The van der Waals surface area contributed by atoms with Gasteiger partial charge in [0.1, 0.15) is 6.61 Å². The lowest BCUT2D eigenvalue weighted by Gasteiger charge is -2.15. The summed E-state index contributed by atoms with van der Waals surface area (Å²) in [5, 5.41) is 2.73. The van der Waals surface area contributed by atoms with Gasteiger partial charge in [-0.05, 0) is 35.6 Å². The first-order valence-electron chi connectivity index (χ1n) is 8.72. The second-order valence-electron chi connectivity index (χ2n) is 5.24. The van der Waals surface area contributed by atoms with E-state index in [9.17, 15) is 4.79 Å². The van der Waals surface area contributed by atoms with Crippen molar-refractivity contribution in [2.45, 2.75) is 40.0 Å². The van der Waals surface area contributed by atoms with Gasteiger partial charge in [0.25, 0.3) is 0 Å². The summed E-state index contributed by atoms with van der Waals surface area (Å²) >= 11 is 0. The molecular formula is C21H29NO2. The lowest BCUT2D eigenvalue weighted by molar-refractivity contribution is 0.143. The van der Waals surface area contributed by atoms with E-state index in [0.29, 0.717) is 13.2 Å². The average molecular weight is 327 g/mol. The van der Waals surface area contributed by atoms with E-state index in [2.05, 4.69) is 30.1 Å². The molecule has 1 N–H and O–H groups in total. The zero-order valence-electron chi connectivity index (χ0n) is 15.3. The highest BCUT2D eigenvalue weighted by molar-refractivity contribution is 5.86. The van der Waals surface area contributed by atoms with Crippen LogP contribution in [0.1, 0.15) is 51.2 Å². The van der Waals surface area contributed by atoms with Gasteiger partial charge in [-0.25, -0.2) is 4.79 Å². The fourth-order valence-electron chi connectivity index (χ4n) is 2.78. The monoisotopic (exact) mass is 327 g/mol. The lowest BCUT2D eigenvalue weighted by Crippen LogP contribution is -2.26. The standard InChI is InChI=1S/C19H23NO2.C2H6/c1-4-9-15-14(6-3)18(13-22-19(21)20-12-5-2)17-11-8-7-10-16(15)17;1-2/h4,6-11,18H,3,5,12-13H2,1-2H3,(H,20,21);1-2H3/b9-4-;. The van der Waals surface area contributed by atoms with E-state index in [1.54, 1.807) is 0 Å². The molecular weight excluding hydrogens is 298 g/mol. The van der Waals surface area contributed by atoms with Gasteiger partial charge in [-0.1, -0.05) is 69.8 Å². The molecule has 24 heavy (non-hydrogen) atoms. The molecule has 1 unspecified atom stereocenters. The number of amides is 1. The third kappa shape index (κ3) is 4.60. The second kappa shape index (κ2) is 10.5. The Labute approximate surface area is 146 Å². The van der Waals surface area contributed by atoms with Crippen LogP contribution in [0.15, 0.2) is 54.6 Å². The summed E-state index contributed by atoms with van der Waals surface area (Å²) in [6.45, 7) is 12.9. The number of hydrogen-bond donors (Lipinski definition) is 1. The molecule has 2 rings (SSSR count). The highest BCUT2D eigenvalue weighted by Gasteiger charge is 2.29. The number of hydrogen-bond acceptors (Lipinski definition) is 2. The van der Waals surface area contributed by atoms with Gasteiger partial charge < -0.3 is 10.1 Å². The van der Waals surface area contributed by atoms with E-state index in [4.69, 9.17) is 4.74 Å². The van der Waals surface area contributed by atoms with Gasteiger partial charge in [-0.15, -0.1) is 0 Å². The average Bonchev–Trinajstić information content (AvgIpc) is 2.93. The normalized spacial score (nSPS) is 15.6. The summed E-state index contributed by atoms with van der Waals surface area (Å²) in [4.78, 5) is 11.7. The van der Waals surface area contributed by atoms with Gasteiger partial charge in [-0.3, -0.25) is 0 Å². The van der Waals surface area contributed by atoms with E-state index >= 15 is 0 Å². The van der Waals surface area contributed by atoms with Crippen LogP contribution in [0.25, 0.3) is 5.57 Å². The molecule has 3 nitrogen and oxygen atoms in total. The van der Waals surface area contributed by atoms with Crippen molar-refractivity contribution in [3.8, 4) is 0 Å². The maximum atomic E-state index is 11.7. The Balaban J connectivity index is 0.00000139. The molecule has 0 radical (unpaired) electrons. The molecule has 1 amide bonds. The van der Waals surface area contributed by atoms with Crippen LogP contribution >= 0.6 is 0 Å². The van der Waals surface area contributed by atoms with E-state index in [1.165, 1.54) is 11.1 Å². The third-order valence-corrected chi connectivity index (χ3v) is 3.77. The predicted molar refractivity (Wildman–Crippen MR) is 102 cm³/mol. The van der Waals surface area contributed by atoms with E-state index in [1.807, 2.05) is 52.0 Å². The van der Waals surface area contributed by atoms with E-state index in [-0.39, 0.29) is 12.0 Å². The Hall–Kier alpha value is -2.29. The van der Waals surface area contributed by atoms with Crippen molar-refractivity contribution in [2.24, 2.45) is 0 Å². The number of ether oxygens (including phenoxy) is 1. The topological polar surface area (TPSA) is 38.3 Å². The summed E-state index contributed by atoms with van der Waals surface area (Å²) in [5.41, 5.74) is 4.66. The van der Waals surface area contributed by atoms with Gasteiger partial charge >= 0.3 is 6.09 Å². The minimum atomic E-state index is -0.359. The molecule has 0 spiro atoms. The van der Waals surface area contributed by atoms with Crippen LogP contribution in [0.3, 0.4) is 0 Å². The molecule has 1 aromatic carbocycles. The molecule has 1 aliphatic carbocycles. The van der Waals surface area contributed by atoms with Gasteiger partial charge in [0.2, 0.25) is 0 Å². The van der Waals surface area contributed by atoms with Crippen LogP contribution in [-0.4, -0.2) is 19.2 Å². The number of fused-ring (bicyclic) bond motifs is 1. The first-order chi connectivity index (χ1) is 11.7. The van der Waals surface area contributed by atoms with Crippen LogP contribution < -0.4 is 5.32 Å². The highest BCUT2D eigenvalue weighted by atomic mass is 16.5. The molecule has 0 bridgehead atoms. The maximum Gasteiger partial charge on any atom is 0.407 e. The van der Waals surface area contributed by atoms with Crippen molar-refractivity contribution in [3.63, 3.8) is 0 Å². The predicted octanol–water partition coefficient (Wildman–Crippen LogP) is 5.46. The Kier molecular flexibility index (Phi) is 8.63. The number of rotatable bonds is 6. The number of allylic oxidation sites excluding steroid dienone is 4. The Bertz CT molecular complexity index is 614. The Morgan fingerprint density at radius 3 is 2.67 bits per heavy atom. The molecule has 0 fully saturated rings. The Morgan fingerprint density at radius 2 is 2.04 bits per heavy atom. The van der Waals surface area contributed by atoms with E-state index in [0.717, 1.165) is 17.6 Å². The van der Waals surface area contributed by atoms with Crippen molar-refractivity contribution in [2.75, 3.05) is 13.2 Å². The van der Waals surface area contributed by atoms with Gasteiger partial charge in [0, 0.05) is 12.5 Å². The zero-order valence-corrected chi connectivity index (χ0v) is 15.3. The largest absolute Gasteiger partial charge is 0.449 e. The SMILES string of the molecule is C=CC1=C(/C=C\C)c2ccccc2C1COC(=O)NCCC.CC. The number of nitrogens with one attached hydrogen (secondary N) is 1. The number of carbonyl (C=O) groups excluding carboxylic acids is 1. The molecule has 0 aromatic heterocycles. The molecule has 1 aromatic rings. The van der Waals surface area contributed by atoms with Crippen LogP contribution in [0, 0.1) is 0 Å². The summed E-state index contributed by atoms with van der Waals surface area (Å²) in [6.07, 6.45) is 6.51. The van der Waals surface area contributed by atoms with Crippen molar-refractivity contribution in [3.05, 3.63) is 65.8 Å². The molecule has 0 saturated carbocycles.